The second kappa shape index (κ2) is 5.38. The monoisotopic (exact) mass is 248 g/mol. The quantitative estimate of drug-likeness (QED) is 0.863. The fourth-order valence-electron chi connectivity index (χ4n) is 2.85. The molecule has 0 aliphatic heterocycles. The van der Waals surface area contributed by atoms with Crippen LogP contribution in [0.25, 0.3) is 0 Å². The number of aromatic hydroxyl groups is 1. The molecule has 98 valence electrons. The maximum atomic E-state index is 12.1. The molecule has 2 rings (SSSR count). The van der Waals surface area contributed by atoms with Gasteiger partial charge >= 0.3 is 0 Å². The van der Waals surface area contributed by atoms with Crippen molar-refractivity contribution in [2.75, 3.05) is 0 Å². The third kappa shape index (κ3) is 2.47. The number of nitrogens with zero attached hydrogens (tertiary/aromatic N) is 1. The van der Waals surface area contributed by atoms with E-state index in [2.05, 4.69) is 24.1 Å². The third-order valence-corrected chi connectivity index (χ3v) is 4.11. The van der Waals surface area contributed by atoms with Crippen LogP contribution >= 0.6 is 0 Å². The van der Waals surface area contributed by atoms with Gasteiger partial charge in [0.05, 0.1) is 11.8 Å². The van der Waals surface area contributed by atoms with Crippen LogP contribution in [0.4, 0.5) is 0 Å². The third-order valence-electron chi connectivity index (χ3n) is 4.11. The van der Waals surface area contributed by atoms with Crippen LogP contribution in [0.3, 0.4) is 0 Å². The van der Waals surface area contributed by atoms with E-state index in [0.29, 0.717) is 17.4 Å². The Morgan fingerprint density at radius 2 is 2.33 bits per heavy atom. The molecule has 1 aliphatic rings. The Bertz CT molecular complexity index is 434. The Balaban J connectivity index is 2.03. The van der Waals surface area contributed by atoms with Gasteiger partial charge in [-0.3, -0.25) is 9.78 Å². The van der Waals surface area contributed by atoms with Crippen molar-refractivity contribution in [2.45, 2.75) is 39.2 Å². The van der Waals surface area contributed by atoms with E-state index >= 15 is 0 Å². The number of hydrogen-bond acceptors (Lipinski definition) is 3. The smallest absolute Gasteiger partial charge is 0.255 e. The van der Waals surface area contributed by atoms with E-state index < -0.39 is 0 Å². The summed E-state index contributed by atoms with van der Waals surface area (Å²) in [6.07, 6.45) is 6.17. The van der Waals surface area contributed by atoms with Crippen LogP contribution in [-0.4, -0.2) is 22.0 Å². The lowest BCUT2D eigenvalue weighted by atomic mass is 9.93. The van der Waals surface area contributed by atoms with Crippen molar-refractivity contribution in [1.29, 1.82) is 0 Å². The zero-order valence-electron chi connectivity index (χ0n) is 10.9. The van der Waals surface area contributed by atoms with Crippen LogP contribution in [0.2, 0.25) is 0 Å². The molecule has 0 bridgehead atoms. The second-order valence-corrected chi connectivity index (χ2v) is 5.08. The van der Waals surface area contributed by atoms with E-state index in [1.165, 1.54) is 18.8 Å². The van der Waals surface area contributed by atoms with Gasteiger partial charge in [0.2, 0.25) is 0 Å². The Labute approximate surface area is 107 Å². The first-order valence-corrected chi connectivity index (χ1v) is 6.57. The molecule has 3 unspecified atom stereocenters. The molecule has 0 spiro atoms. The molecule has 1 aliphatic carbocycles. The fourth-order valence-corrected chi connectivity index (χ4v) is 2.85. The summed E-state index contributed by atoms with van der Waals surface area (Å²) in [5.74, 6) is 0.931. The molecule has 18 heavy (non-hydrogen) atoms. The van der Waals surface area contributed by atoms with E-state index in [1.54, 1.807) is 6.07 Å². The van der Waals surface area contributed by atoms with Gasteiger partial charge < -0.3 is 10.4 Å². The molecule has 1 heterocycles. The van der Waals surface area contributed by atoms with Gasteiger partial charge in [-0.2, -0.15) is 0 Å². The van der Waals surface area contributed by atoms with Gasteiger partial charge in [0.15, 0.2) is 0 Å². The Hall–Kier alpha value is -1.58. The van der Waals surface area contributed by atoms with Crippen LogP contribution in [-0.2, 0) is 0 Å². The zero-order chi connectivity index (χ0) is 13.1. The van der Waals surface area contributed by atoms with Gasteiger partial charge in [-0.25, -0.2) is 0 Å². The van der Waals surface area contributed by atoms with E-state index in [-0.39, 0.29) is 17.7 Å². The minimum absolute atomic E-state index is 0.0623. The number of nitrogens with one attached hydrogen (secondary N) is 1. The largest absolute Gasteiger partial charge is 0.505 e. The molecule has 1 aromatic heterocycles. The number of pyridine rings is 1. The Morgan fingerprint density at radius 1 is 1.56 bits per heavy atom. The van der Waals surface area contributed by atoms with E-state index in [1.807, 2.05) is 0 Å². The van der Waals surface area contributed by atoms with Crippen molar-refractivity contribution >= 4 is 5.91 Å². The molecule has 4 nitrogen and oxygen atoms in total. The normalized spacial score (nSPS) is 27.1. The second-order valence-electron chi connectivity index (χ2n) is 5.08. The highest BCUT2D eigenvalue weighted by Gasteiger charge is 2.32. The molecule has 1 amide bonds. The first-order valence-electron chi connectivity index (χ1n) is 6.57. The van der Waals surface area contributed by atoms with E-state index in [9.17, 15) is 9.90 Å². The summed E-state index contributed by atoms with van der Waals surface area (Å²) >= 11 is 0. The van der Waals surface area contributed by atoms with Gasteiger partial charge in [-0.05, 0) is 30.7 Å². The minimum Gasteiger partial charge on any atom is -0.505 e. The average molecular weight is 248 g/mol. The SMILES string of the molecule is CCC1CCC(NC(=O)c2ccncc2O)C1C. The highest BCUT2D eigenvalue weighted by molar-refractivity contribution is 5.96. The van der Waals surface area contributed by atoms with E-state index in [0.717, 1.165) is 12.8 Å². The summed E-state index contributed by atoms with van der Waals surface area (Å²) in [7, 11) is 0. The molecule has 1 fully saturated rings. The Morgan fingerprint density at radius 3 is 2.94 bits per heavy atom. The molecular weight excluding hydrogens is 228 g/mol. The predicted octanol–water partition coefficient (Wildman–Crippen LogP) is 2.34. The number of carbonyl (C=O) groups is 1. The van der Waals surface area contributed by atoms with Crippen LogP contribution in [0.1, 0.15) is 43.5 Å². The number of carbonyl (C=O) groups excluding carboxylic acids is 1. The maximum Gasteiger partial charge on any atom is 0.255 e. The van der Waals surface area contributed by atoms with Gasteiger partial charge in [0.25, 0.3) is 5.91 Å². The topological polar surface area (TPSA) is 62.2 Å². The lowest BCUT2D eigenvalue weighted by molar-refractivity contribution is 0.0923. The first kappa shape index (κ1) is 12.9. The summed E-state index contributed by atoms with van der Waals surface area (Å²) in [6, 6.07) is 1.76. The van der Waals surface area contributed by atoms with Crippen LogP contribution in [0.5, 0.6) is 5.75 Å². The molecule has 2 N–H and O–H groups in total. The van der Waals surface area contributed by atoms with Crippen molar-refractivity contribution in [1.82, 2.24) is 10.3 Å². The van der Waals surface area contributed by atoms with Crippen molar-refractivity contribution in [3.05, 3.63) is 24.0 Å². The van der Waals surface area contributed by atoms with Crippen LogP contribution < -0.4 is 5.32 Å². The molecule has 1 saturated carbocycles. The summed E-state index contributed by atoms with van der Waals surface area (Å²) in [6.45, 7) is 4.39. The highest BCUT2D eigenvalue weighted by atomic mass is 16.3. The maximum absolute atomic E-state index is 12.1. The number of hydrogen-bond donors (Lipinski definition) is 2. The van der Waals surface area contributed by atoms with Gasteiger partial charge in [-0.15, -0.1) is 0 Å². The van der Waals surface area contributed by atoms with Gasteiger partial charge in [0.1, 0.15) is 5.75 Å². The van der Waals surface area contributed by atoms with Gasteiger partial charge in [0, 0.05) is 12.2 Å². The molecular formula is C14H20N2O2. The average Bonchev–Trinajstić information content (AvgIpc) is 2.71. The summed E-state index contributed by atoms with van der Waals surface area (Å²) in [5, 5.41) is 12.6. The van der Waals surface area contributed by atoms with Crippen molar-refractivity contribution in [3.8, 4) is 5.75 Å². The molecule has 1 aromatic rings. The minimum atomic E-state index is -0.205. The van der Waals surface area contributed by atoms with Crippen molar-refractivity contribution in [3.63, 3.8) is 0 Å². The standard InChI is InChI=1S/C14H20N2O2/c1-3-10-4-5-12(9(10)2)16-14(18)11-6-7-15-8-13(11)17/h6-10,12,17H,3-5H2,1-2H3,(H,16,18). The zero-order valence-corrected chi connectivity index (χ0v) is 10.9. The first-order chi connectivity index (χ1) is 8.63. The van der Waals surface area contributed by atoms with Crippen LogP contribution in [0, 0.1) is 11.8 Å². The molecule has 0 saturated heterocycles. The summed E-state index contributed by atoms with van der Waals surface area (Å²) in [4.78, 5) is 15.8. The molecule has 3 atom stereocenters. The number of rotatable bonds is 3. The predicted molar refractivity (Wildman–Crippen MR) is 69.3 cm³/mol. The lowest BCUT2D eigenvalue weighted by Crippen LogP contribution is -2.37. The lowest BCUT2D eigenvalue weighted by Gasteiger charge is -2.21. The van der Waals surface area contributed by atoms with Crippen molar-refractivity contribution < 1.29 is 9.90 Å². The highest BCUT2D eigenvalue weighted by Crippen LogP contribution is 2.34. The molecule has 0 radical (unpaired) electrons. The summed E-state index contributed by atoms with van der Waals surface area (Å²) in [5.41, 5.74) is 0.303. The fraction of sp³-hybridized carbons (Fsp3) is 0.571. The Kier molecular flexibility index (Phi) is 3.84. The summed E-state index contributed by atoms with van der Waals surface area (Å²) < 4.78 is 0. The van der Waals surface area contributed by atoms with E-state index in [4.69, 9.17) is 0 Å². The number of aromatic nitrogens is 1. The van der Waals surface area contributed by atoms with Gasteiger partial charge in [-0.1, -0.05) is 20.3 Å². The number of amides is 1. The van der Waals surface area contributed by atoms with Crippen LogP contribution in [0.15, 0.2) is 18.5 Å². The molecule has 0 aromatic carbocycles. The molecule has 4 heteroatoms. The van der Waals surface area contributed by atoms with Crippen molar-refractivity contribution in [2.24, 2.45) is 11.8 Å².